The zero-order valence-corrected chi connectivity index (χ0v) is 12.3. The molecular weight excluding hydrogens is 308 g/mol. The molecule has 0 fully saturated rings. The first-order valence-electron chi connectivity index (χ1n) is 5.82. The second-order valence-corrected chi connectivity index (χ2v) is 4.95. The molecule has 0 saturated carbocycles. The quantitative estimate of drug-likeness (QED) is 0.934. The largest absolute Gasteiger partial charge is 0.496 e. The van der Waals surface area contributed by atoms with Crippen molar-refractivity contribution in [1.29, 1.82) is 0 Å². The summed E-state index contributed by atoms with van der Waals surface area (Å²) in [4.78, 5) is 4.04. The number of hydrogen-bond donors (Lipinski definition) is 1. The maximum Gasteiger partial charge on any atom is 0.166 e. The SMILES string of the molecule is COc1ccccc1[C@@H](C)Oc1cc(Br)cnc1N. The first-order valence-corrected chi connectivity index (χ1v) is 6.61. The molecule has 0 bridgehead atoms. The fourth-order valence-electron chi connectivity index (χ4n) is 1.78. The van der Waals surface area contributed by atoms with E-state index in [4.69, 9.17) is 15.2 Å². The Morgan fingerprint density at radius 1 is 1.26 bits per heavy atom. The Morgan fingerprint density at radius 2 is 2.00 bits per heavy atom. The van der Waals surface area contributed by atoms with Crippen molar-refractivity contribution in [2.75, 3.05) is 12.8 Å². The van der Waals surface area contributed by atoms with Gasteiger partial charge in [-0.2, -0.15) is 0 Å². The van der Waals surface area contributed by atoms with E-state index in [0.717, 1.165) is 15.8 Å². The monoisotopic (exact) mass is 322 g/mol. The summed E-state index contributed by atoms with van der Waals surface area (Å²) >= 11 is 3.35. The van der Waals surface area contributed by atoms with Crippen molar-refractivity contribution >= 4 is 21.7 Å². The van der Waals surface area contributed by atoms with Crippen LogP contribution in [0.1, 0.15) is 18.6 Å². The van der Waals surface area contributed by atoms with Crippen molar-refractivity contribution in [3.8, 4) is 11.5 Å². The zero-order chi connectivity index (χ0) is 13.8. The van der Waals surface area contributed by atoms with Crippen LogP contribution in [-0.2, 0) is 0 Å². The lowest BCUT2D eigenvalue weighted by Gasteiger charge is -2.18. The molecule has 100 valence electrons. The molecule has 5 heteroatoms. The van der Waals surface area contributed by atoms with E-state index in [2.05, 4.69) is 20.9 Å². The summed E-state index contributed by atoms with van der Waals surface area (Å²) in [6, 6.07) is 9.53. The fraction of sp³-hybridized carbons (Fsp3) is 0.214. The number of pyridine rings is 1. The van der Waals surface area contributed by atoms with Crippen LogP contribution in [0.15, 0.2) is 41.0 Å². The lowest BCUT2D eigenvalue weighted by molar-refractivity contribution is 0.221. The van der Waals surface area contributed by atoms with Gasteiger partial charge in [-0.1, -0.05) is 18.2 Å². The van der Waals surface area contributed by atoms with Gasteiger partial charge in [-0.05, 0) is 35.0 Å². The summed E-state index contributed by atoms with van der Waals surface area (Å²) < 4.78 is 12.0. The molecule has 1 aromatic carbocycles. The molecule has 1 atom stereocenters. The molecule has 2 N–H and O–H groups in total. The summed E-state index contributed by atoms with van der Waals surface area (Å²) in [6.45, 7) is 1.94. The summed E-state index contributed by atoms with van der Waals surface area (Å²) in [5, 5.41) is 0. The number of nitrogens with zero attached hydrogens (tertiary/aromatic N) is 1. The molecule has 0 aliphatic carbocycles. The highest BCUT2D eigenvalue weighted by atomic mass is 79.9. The molecule has 2 aromatic rings. The maximum absolute atomic E-state index is 5.86. The third kappa shape index (κ3) is 3.17. The molecule has 0 unspecified atom stereocenters. The number of ether oxygens (including phenoxy) is 2. The molecule has 0 amide bonds. The van der Waals surface area contributed by atoms with E-state index in [1.807, 2.05) is 31.2 Å². The lowest BCUT2D eigenvalue weighted by Crippen LogP contribution is -2.07. The first-order chi connectivity index (χ1) is 9.11. The first kappa shape index (κ1) is 13.7. The van der Waals surface area contributed by atoms with E-state index in [-0.39, 0.29) is 6.10 Å². The Morgan fingerprint density at radius 3 is 2.74 bits per heavy atom. The van der Waals surface area contributed by atoms with E-state index in [1.54, 1.807) is 19.4 Å². The van der Waals surface area contributed by atoms with Gasteiger partial charge in [0.2, 0.25) is 0 Å². The Hall–Kier alpha value is -1.75. The number of para-hydroxylation sites is 1. The normalized spacial score (nSPS) is 11.9. The zero-order valence-electron chi connectivity index (χ0n) is 10.8. The number of hydrogen-bond acceptors (Lipinski definition) is 4. The van der Waals surface area contributed by atoms with Gasteiger partial charge in [0, 0.05) is 16.2 Å². The Bertz CT molecular complexity index is 575. The van der Waals surface area contributed by atoms with Gasteiger partial charge in [-0.3, -0.25) is 0 Å². The van der Waals surface area contributed by atoms with Gasteiger partial charge in [0.15, 0.2) is 11.6 Å². The summed E-state index contributed by atoms with van der Waals surface area (Å²) in [5.41, 5.74) is 6.76. The summed E-state index contributed by atoms with van der Waals surface area (Å²) in [5.74, 6) is 1.70. The topological polar surface area (TPSA) is 57.4 Å². The molecule has 1 heterocycles. The van der Waals surface area contributed by atoms with E-state index < -0.39 is 0 Å². The Labute approximate surface area is 120 Å². The van der Waals surface area contributed by atoms with Crippen LogP contribution in [0.3, 0.4) is 0 Å². The number of benzene rings is 1. The van der Waals surface area contributed by atoms with Crippen LogP contribution in [0, 0.1) is 0 Å². The Kier molecular flexibility index (Phi) is 4.27. The Balaban J connectivity index is 2.25. The van der Waals surface area contributed by atoms with E-state index >= 15 is 0 Å². The maximum atomic E-state index is 5.86. The number of rotatable bonds is 4. The third-order valence-corrected chi connectivity index (χ3v) is 3.16. The van der Waals surface area contributed by atoms with Gasteiger partial charge in [0.1, 0.15) is 11.9 Å². The van der Waals surface area contributed by atoms with Crippen LogP contribution >= 0.6 is 15.9 Å². The van der Waals surface area contributed by atoms with Crippen LogP contribution in [0.5, 0.6) is 11.5 Å². The predicted molar refractivity (Wildman–Crippen MR) is 78.4 cm³/mol. The molecule has 0 saturated heterocycles. The molecule has 0 radical (unpaired) electrons. The number of anilines is 1. The van der Waals surface area contributed by atoms with Crippen molar-refractivity contribution in [2.24, 2.45) is 0 Å². The van der Waals surface area contributed by atoms with Gasteiger partial charge in [-0.25, -0.2) is 4.98 Å². The van der Waals surface area contributed by atoms with Crippen LogP contribution in [0.2, 0.25) is 0 Å². The van der Waals surface area contributed by atoms with Gasteiger partial charge in [0.05, 0.1) is 7.11 Å². The van der Waals surface area contributed by atoms with Crippen LogP contribution in [0.25, 0.3) is 0 Å². The average Bonchev–Trinajstić information content (AvgIpc) is 2.42. The molecule has 19 heavy (non-hydrogen) atoms. The summed E-state index contributed by atoms with van der Waals surface area (Å²) in [6.07, 6.45) is 1.45. The van der Waals surface area contributed by atoms with Gasteiger partial charge in [0.25, 0.3) is 0 Å². The summed E-state index contributed by atoms with van der Waals surface area (Å²) in [7, 11) is 1.64. The number of aromatic nitrogens is 1. The number of nitrogens with two attached hydrogens (primary N) is 1. The number of halogens is 1. The second kappa shape index (κ2) is 5.93. The molecule has 0 aliphatic rings. The van der Waals surface area contributed by atoms with Gasteiger partial charge in [-0.15, -0.1) is 0 Å². The van der Waals surface area contributed by atoms with Gasteiger partial charge < -0.3 is 15.2 Å². The van der Waals surface area contributed by atoms with Crippen molar-refractivity contribution < 1.29 is 9.47 Å². The van der Waals surface area contributed by atoms with E-state index in [0.29, 0.717) is 11.6 Å². The highest BCUT2D eigenvalue weighted by molar-refractivity contribution is 9.10. The highest BCUT2D eigenvalue weighted by Crippen LogP contribution is 2.31. The minimum absolute atomic E-state index is 0.186. The molecular formula is C14H15BrN2O2. The van der Waals surface area contributed by atoms with E-state index in [1.165, 1.54) is 0 Å². The smallest absolute Gasteiger partial charge is 0.166 e. The second-order valence-electron chi connectivity index (χ2n) is 4.04. The highest BCUT2D eigenvalue weighted by Gasteiger charge is 2.14. The van der Waals surface area contributed by atoms with Gasteiger partial charge >= 0.3 is 0 Å². The number of nitrogen functional groups attached to an aromatic ring is 1. The fourth-order valence-corrected chi connectivity index (χ4v) is 2.09. The molecule has 0 aliphatic heterocycles. The van der Waals surface area contributed by atoms with E-state index in [9.17, 15) is 0 Å². The predicted octanol–water partition coefficient (Wildman–Crippen LogP) is 3.57. The molecule has 1 aromatic heterocycles. The van der Waals surface area contributed by atoms with Crippen LogP contribution < -0.4 is 15.2 Å². The van der Waals surface area contributed by atoms with Crippen molar-refractivity contribution in [3.63, 3.8) is 0 Å². The minimum atomic E-state index is -0.186. The molecule has 2 rings (SSSR count). The minimum Gasteiger partial charge on any atom is -0.496 e. The van der Waals surface area contributed by atoms with Crippen molar-refractivity contribution in [3.05, 3.63) is 46.6 Å². The van der Waals surface area contributed by atoms with Crippen molar-refractivity contribution in [1.82, 2.24) is 4.98 Å². The van der Waals surface area contributed by atoms with Crippen LogP contribution in [0.4, 0.5) is 5.82 Å². The lowest BCUT2D eigenvalue weighted by atomic mass is 10.1. The standard InChI is InChI=1S/C14H15BrN2O2/c1-9(11-5-3-4-6-12(11)18-2)19-13-7-10(15)8-17-14(13)16/h3-9H,1-2H3,(H2,16,17)/t9-/m1/s1. The number of methoxy groups -OCH3 is 1. The third-order valence-electron chi connectivity index (χ3n) is 2.73. The average molecular weight is 323 g/mol. The van der Waals surface area contributed by atoms with Crippen LogP contribution in [-0.4, -0.2) is 12.1 Å². The molecule has 4 nitrogen and oxygen atoms in total. The molecule has 0 spiro atoms. The van der Waals surface area contributed by atoms with Crippen molar-refractivity contribution in [2.45, 2.75) is 13.0 Å².